The van der Waals surface area contributed by atoms with Crippen molar-refractivity contribution in [3.63, 3.8) is 0 Å². The molecule has 2 N–H and O–H groups in total. The molecular weight excluding hydrogens is 339 g/mol. The lowest BCUT2D eigenvalue weighted by molar-refractivity contribution is -0.683. The van der Waals surface area contributed by atoms with Gasteiger partial charge >= 0.3 is 0 Å². The molecule has 110 valence electrons. The summed E-state index contributed by atoms with van der Waals surface area (Å²) in [6.45, 7) is 0.00719. The standard InChI is InChI=1S/C15H14FN2O2.BrH/c16-13-5-3-11(4-6-13)15(20)10-18-7-1-2-12(9-18)14(19)8-17;/h1-7,9H,8,10,17H2;1H/q+1;/p-1. The Hall–Kier alpha value is -1.92. The van der Waals surface area contributed by atoms with Crippen molar-refractivity contribution in [2.24, 2.45) is 5.73 Å². The molecule has 0 amide bonds. The molecule has 0 unspecified atom stereocenters. The third-order valence-corrected chi connectivity index (χ3v) is 2.86. The molecule has 0 bridgehead atoms. The highest BCUT2D eigenvalue weighted by atomic mass is 79.9. The summed E-state index contributed by atoms with van der Waals surface area (Å²) in [5.41, 5.74) is 6.18. The monoisotopic (exact) mass is 352 g/mol. The zero-order chi connectivity index (χ0) is 14.5. The van der Waals surface area contributed by atoms with Crippen LogP contribution < -0.4 is 27.3 Å². The van der Waals surface area contributed by atoms with Gasteiger partial charge in [-0.2, -0.15) is 4.57 Å². The Bertz CT molecular complexity index is 644. The van der Waals surface area contributed by atoms with E-state index in [4.69, 9.17) is 5.73 Å². The van der Waals surface area contributed by atoms with E-state index < -0.39 is 0 Å². The number of Topliss-reactive ketones (excluding diaryl/α,β-unsaturated/α-hetero) is 2. The Balaban J connectivity index is 0.00000220. The molecule has 0 saturated heterocycles. The number of aromatic nitrogens is 1. The van der Waals surface area contributed by atoms with Crippen molar-refractivity contribution >= 4 is 11.6 Å². The molecule has 2 aromatic rings. The van der Waals surface area contributed by atoms with Gasteiger partial charge in [0.05, 0.1) is 12.1 Å². The van der Waals surface area contributed by atoms with Crippen LogP contribution in [0.4, 0.5) is 4.39 Å². The fraction of sp³-hybridized carbons (Fsp3) is 0.133. The van der Waals surface area contributed by atoms with Crippen LogP contribution in [0.3, 0.4) is 0 Å². The first-order chi connectivity index (χ1) is 9.60. The minimum atomic E-state index is -0.384. The van der Waals surface area contributed by atoms with Gasteiger partial charge in [0.15, 0.2) is 18.2 Å². The van der Waals surface area contributed by atoms with Gasteiger partial charge in [-0.1, -0.05) is 0 Å². The van der Waals surface area contributed by atoms with Gasteiger partial charge in [-0.15, -0.1) is 0 Å². The highest BCUT2D eigenvalue weighted by molar-refractivity contribution is 5.97. The summed E-state index contributed by atoms with van der Waals surface area (Å²) in [6, 6.07) is 8.69. The molecule has 0 saturated carbocycles. The molecule has 21 heavy (non-hydrogen) atoms. The Labute approximate surface area is 132 Å². The van der Waals surface area contributed by atoms with E-state index in [2.05, 4.69) is 0 Å². The zero-order valence-electron chi connectivity index (χ0n) is 11.1. The quantitative estimate of drug-likeness (QED) is 0.507. The van der Waals surface area contributed by atoms with Crippen LogP contribution in [0.2, 0.25) is 0 Å². The predicted molar refractivity (Wildman–Crippen MR) is 70.8 cm³/mol. The van der Waals surface area contributed by atoms with E-state index in [1.165, 1.54) is 24.3 Å². The normalized spacial score (nSPS) is 9.81. The SMILES string of the molecule is NCC(=O)c1ccc[n+](CC(=O)c2ccc(F)cc2)c1.[Br-]. The number of hydrogen-bond acceptors (Lipinski definition) is 3. The number of benzene rings is 1. The summed E-state index contributed by atoms with van der Waals surface area (Å²) < 4.78 is 14.4. The number of nitrogens with two attached hydrogens (primary N) is 1. The number of nitrogens with zero attached hydrogens (tertiary/aromatic N) is 1. The van der Waals surface area contributed by atoms with Crippen LogP contribution in [0.15, 0.2) is 48.8 Å². The van der Waals surface area contributed by atoms with Crippen LogP contribution in [0.1, 0.15) is 20.7 Å². The first-order valence-corrected chi connectivity index (χ1v) is 6.11. The Kier molecular flexibility index (Phi) is 6.33. The number of halogens is 2. The number of ketones is 2. The molecule has 1 aromatic carbocycles. The van der Waals surface area contributed by atoms with Gasteiger partial charge in [0.1, 0.15) is 5.82 Å². The van der Waals surface area contributed by atoms with E-state index in [0.29, 0.717) is 11.1 Å². The second-order valence-corrected chi connectivity index (χ2v) is 4.32. The lowest BCUT2D eigenvalue weighted by Gasteiger charge is -2.00. The van der Waals surface area contributed by atoms with Crippen LogP contribution in [-0.4, -0.2) is 18.1 Å². The zero-order valence-corrected chi connectivity index (χ0v) is 12.7. The lowest BCUT2D eigenvalue weighted by Crippen LogP contribution is -3.00. The maximum absolute atomic E-state index is 12.8. The van der Waals surface area contributed by atoms with Gasteiger partial charge in [-0.25, -0.2) is 4.39 Å². The van der Waals surface area contributed by atoms with Gasteiger partial charge in [0.2, 0.25) is 12.3 Å². The van der Waals surface area contributed by atoms with Crippen molar-refractivity contribution in [3.05, 3.63) is 65.7 Å². The minimum Gasteiger partial charge on any atom is -1.00 e. The second kappa shape index (κ2) is 7.75. The number of rotatable bonds is 5. The molecule has 0 aliphatic carbocycles. The van der Waals surface area contributed by atoms with E-state index in [-0.39, 0.29) is 47.5 Å². The molecule has 0 aliphatic rings. The van der Waals surface area contributed by atoms with Crippen LogP contribution in [0.25, 0.3) is 0 Å². The van der Waals surface area contributed by atoms with Gasteiger partial charge in [0, 0.05) is 11.6 Å². The summed E-state index contributed by atoms with van der Waals surface area (Å²) >= 11 is 0. The van der Waals surface area contributed by atoms with E-state index in [0.717, 1.165) is 0 Å². The first kappa shape index (κ1) is 17.1. The first-order valence-electron chi connectivity index (χ1n) is 6.11. The smallest absolute Gasteiger partial charge is 0.227 e. The largest absolute Gasteiger partial charge is 1.00 e. The average molecular weight is 353 g/mol. The number of carbonyl (C=O) groups is 2. The maximum atomic E-state index is 12.8. The van der Waals surface area contributed by atoms with Crippen molar-refractivity contribution in [3.8, 4) is 0 Å². The molecule has 0 aliphatic heterocycles. The van der Waals surface area contributed by atoms with Crippen LogP contribution in [-0.2, 0) is 6.54 Å². The number of hydrogen-bond donors (Lipinski definition) is 1. The topological polar surface area (TPSA) is 64.0 Å². The van der Waals surface area contributed by atoms with Crippen molar-refractivity contribution < 1.29 is 35.5 Å². The lowest BCUT2D eigenvalue weighted by atomic mass is 10.1. The highest BCUT2D eigenvalue weighted by Gasteiger charge is 2.14. The van der Waals surface area contributed by atoms with Crippen molar-refractivity contribution in [1.29, 1.82) is 0 Å². The molecule has 0 atom stereocenters. The average Bonchev–Trinajstić information content (AvgIpc) is 2.47. The van der Waals surface area contributed by atoms with Gasteiger partial charge < -0.3 is 22.7 Å². The highest BCUT2D eigenvalue weighted by Crippen LogP contribution is 2.04. The Morgan fingerprint density at radius 1 is 1.05 bits per heavy atom. The molecule has 0 fully saturated rings. The van der Waals surface area contributed by atoms with Crippen LogP contribution >= 0.6 is 0 Å². The third-order valence-electron chi connectivity index (χ3n) is 2.86. The molecule has 1 heterocycles. The predicted octanol–water partition coefficient (Wildman–Crippen LogP) is -1.86. The number of pyridine rings is 1. The van der Waals surface area contributed by atoms with E-state index in [9.17, 15) is 14.0 Å². The van der Waals surface area contributed by atoms with E-state index >= 15 is 0 Å². The number of carbonyl (C=O) groups excluding carboxylic acids is 2. The van der Waals surface area contributed by atoms with E-state index in [1.807, 2.05) is 0 Å². The second-order valence-electron chi connectivity index (χ2n) is 4.32. The Morgan fingerprint density at radius 3 is 2.33 bits per heavy atom. The summed E-state index contributed by atoms with van der Waals surface area (Å²) in [5, 5.41) is 0. The van der Waals surface area contributed by atoms with Gasteiger partial charge in [-0.3, -0.25) is 9.59 Å². The minimum absolute atomic E-state index is 0. The van der Waals surface area contributed by atoms with Gasteiger partial charge in [-0.05, 0) is 30.3 Å². The molecule has 1 aromatic heterocycles. The Morgan fingerprint density at radius 2 is 1.71 bits per heavy atom. The summed E-state index contributed by atoms with van der Waals surface area (Å²) in [4.78, 5) is 23.5. The van der Waals surface area contributed by atoms with Crippen molar-refractivity contribution in [2.75, 3.05) is 6.54 Å². The molecule has 4 nitrogen and oxygen atoms in total. The maximum Gasteiger partial charge on any atom is 0.227 e. The molecule has 2 rings (SSSR count). The van der Waals surface area contributed by atoms with E-state index in [1.54, 1.807) is 29.1 Å². The summed E-state index contributed by atoms with van der Waals surface area (Å²) in [5.74, 6) is -0.731. The third kappa shape index (κ3) is 4.54. The van der Waals surface area contributed by atoms with Crippen molar-refractivity contribution in [1.82, 2.24) is 0 Å². The van der Waals surface area contributed by atoms with Crippen LogP contribution in [0, 0.1) is 5.82 Å². The molecule has 6 heteroatoms. The van der Waals surface area contributed by atoms with Gasteiger partial charge in [0.25, 0.3) is 0 Å². The molecule has 0 spiro atoms. The fourth-order valence-electron chi connectivity index (χ4n) is 1.80. The van der Waals surface area contributed by atoms with Crippen LogP contribution in [0.5, 0.6) is 0 Å². The summed E-state index contributed by atoms with van der Waals surface area (Å²) in [6.07, 6.45) is 3.27. The van der Waals surface area contributed by atoms with Crippen molar-refractivity contribution in [2.45, 2.75) is 6.54 Å². The summed E-state index contributed by atoms with van der Waals surface area (Å²) in [7, 11) is 0. The molecular formula is C15H14BrFN2O2. The molecule has 0 radical (unpaired) electrons. The fourth-order valence-corrected chi connectivity index (χ4v) is 1.80.